The Labute approximate surface area is 146 Å². The van der Waals surface area contributed by atoms with Crippen LogP contribution in [0.4, 0.5) is 0 Å². The summed E-state index contributed by atoms with van der Waals surface area (Å²) in [5.74, 6) is 4.29. The van der Waals surface area contributed by atoms with Crippen LogP contribution in [0.25, 0.3) is 0 Å². The number of carbonyl (C=O) groups is 1. The number of fused-ring (bicyclic) bond motifs is 4. The van der Waals surface area contributed by atoms with Crippen LogP contribution in [0.2, 0.25) is 0 Å². The molecular weight excluding hydrogens is 296 g/mol. The Hall–Kier alpha value is -0.630. The van der Waals surface area contributed by atoms with Crippen LogP contribution in [0.5, 0.6) is 0 Å². The van der Waals surface area contributed by atoms with Gasteiger partial charge >= 0.3 is 0 Å². The van der Waals surface area contributed by atoms with Crippen LogP contribution in [0.3, 0.4) is 0 Å². The van der Waals surface area contributed by atoms with Gasteiger partial charge in [0.05, 0.1) is 6.10 Å². The first-order chi connectivity index (χ1) is 11.5. The van der Waals surface area contributed by atoms with Crippen LogP contribution >= 0.6 is 0 Å². The van der Waals surface area contributed by atoms with Gasteiger partial charge in [-0.2, -0.15) is 0 Å². The highest BCUT2D eigenvalue weighted by molar-refractivity contribution is 5.91. The van der Waals surface area contributed by atoms with Gasteiger partial charge in [-0.3, -0.25) is 4.79 Å². The lowest BCUT2D eigenvalue weighted by atomic mass is 9.43. The van der Waals surface area contributed by atoms with E-state index in [2.05, 4.69) is 13.0 Å². The van der Waals surface area contributed by atoms with Gasteiger partial charge in [-0.15, -0.1) is 0 Å². The summed E-state index contributed by atoms with van der Waals surface area (Å²) in [6.07, 6.45) is 16.2. The predicted molar refractivity (Wildman–Crippen MR) is 94.3 cm³/mol. The molecule has 0 heterocycles. The molecule has 4 fully saturated rings. The molecule has 1 spiro atoms. The van der Waals surface area contributed by atoms with Crippen molar-refractivity contribution in [2.45, 2.75) is 77.2 Å². The number of hydrogen-bond acceptors (Lipinski definition) is 2. The Bertz CT molecular complexity index is 581. The minimum Gasteiger partial charge on any atom is -0.393 e. The molecule has 5 rings (SSSR count). The Morgan fingerprint density at radius 2 is 1.92 bits per heavy atom. The fourth-order valence-electron chi connectivity index (χ4n) is 8.33. The van der Waals surface area contributed by atoms with Crippen molar-refractivity contribution in [3.05, 3.63) is 12.2 Å². The molecule has 0 aromatic heterocycles. The monoisotopic (exact) mass is 328 g/mol. The van der Waals surface area contributed by atoms with Gasteiger partial charge in [0.15, 0.2) is 5.78 Å². The maximum absolute atomic E-state index is 12.2. The summed E-state index contributed by atoms with van der Waals surface area (Å²) < 4.78 is 0. The maximum atomic E-state index is 12.2. The number of ketones is 1. The van der Waals surface area contributed by atoms with E-state index in [1.54, 1.807) is 0 Å². The van der Waals surface area contributed by atoms with Gasteiger partial charge < -0.3 is 5.11 Å². The number of aliphatic hydroxyl groups excluding tert-OH is 1. The summed E-state index contributed by atoms with van der Waals surface area (Å²) in [5, 5.41) is 10.1. The minimum absolute atomic E-state index is 0.0495. The van der Waals surface area contributed by atoms with E-state index in [-0.39, 0.29) is 6.10 Å². The third-order valence-electron chi connectivity index (χ3n) is 9.44. The zero-order valence-corrected chi connectivity index (χ0v) is 15.0. The summed E-state index contributed by atoms with van der Waals surface area (Å²) in [6, 6.07) is 0. The first-order valence-corrected chi connectivity index (χ1v) is 10.4. The molecule has 0 bridgehead atoms. The zero-order valence-electron chi connectivity index (χ0n) is 15.0. The molecule has 24 heavy (non-hydrogen) atoms. The molecule has 0 radical (unpaired) electrons. The van der Waals surface area contributed by atoms with E-state index in [1.807, 2.05) is 6.08 Å². The number of allylic oxidation sites excluding steroid dienone is 2. The molecule has 4 saturated carbocycles. The Morgan fingerprint density at radius 1 is 1.04 bits per heavy atom. The summed E-state index contributed by atoms with van der Waals surface area (Å²) in [6.45, 7) is 2.55. The SMILES string of the molecule is C[C@]12CC[C@@H](O)C[C@H]1CC[C@H]1[C@@H]3CC[C@@H]4C=CC(=O)CC43CC[C@@H]12. The van der Waals surface area contributed by atoms with E-state index in [4.69, 9.17) is 0 Å². The van der Waals surface area contributed by atoms with Crippen molar-refractivity contribution in [2.75, 3.05) is 0 Å². The molecule has 8 atom stereocenters. The normalized spacial score (nSPS) is 56.2. The van der Waals surface area contributed by atoms with E-state index in [9.17, 15) is 9.90 Å². The third kappa shape index (κ3) is 1.95. The smallest absolute Gasteiger partial charge is 0.155 e. The molecule has 1 unspecified atom stereocenters. The molecule has 1 N–H and O–H groups in total. The van der Waals surface area contributed by atoms with Crippen molar-refractivity contribution in [3.63, 3.8) is 0 Å². The average molecular weight is 328 g/mol. The van der Waals surface area contributed by atoms with Crippen molar-refractivity contribution in [2.24, 2.45) is 40.4 Å². The predicted octanol–water partition coefficient (Wildman–Crippen LogP) is 4.52. The van der Waals surface area contributed by atoms with Crippen LogP contribution in [-0.4, -0.2) is 17.0 Å². The standard InChI is InChI=1S/C22H32O2/c1-21-10-8-16(23)12-15(21)3-6-18-19(21)9-11-22-13-17(24)5-2-14(22)4-7-20(18)22/h2,5,14-16,18-20,23H,3-4,6-13H2,1H3/t14-,15+,16+,18+,19-,20-,21-,22?/m0/s1. The average Bonchev–Trinajstić information content (AvgIpc) is 2.94. The van der Waals surface area contributed by atoms with E-state index in [0.29, 0.717) is 22.5 Å². The van der Waals surface area contributed by atoms with Crippen LogP contribution in [0.15, 0.2) is 12.2 Å². The van der Waals surface area contributed by atoms with Gasteiger partial charge in [0.2, 0.25) is 0 Å². The van der Waals surface area contributed by atoms with Crippen LogP contribution in [0.1, 0.15) is 71.1 Å². The first kappa shape index (κ1) is 15.6. The number of rotatable bonds is 0. The van der Waals surface area contributed by atoms with Crippen molar-refractivity contribution >= 4 is 5.78 Å². The largest absolute Gasteiger partial charge is 0.393 e. The molecular formula is C22H32O2. The molecule has 2 nitrogen and oxygen atoms in total. The zero-order chi connectivity index (χ0) is 16.5. The lowest BCUT2D eigenvalue weighted by molar-refractivity contribution is -0.138. The molecule has 132 valence electrons. The minimum atomic E-state index is -0.0495. The fraction of sp³-hybridized carbons (Fsp3) is 0.864. The van der Waals surface area contributed by atoms with Crippen LogP contribution in [-0.2, 0) is 4.79 Å². The van der Waals surface area contributed by atoms with Crippen molar-refractivity contribution in [1.82, 2.24) is 0 Å². The third-order valence-corrected chi connectivity index (χ3v) is 9.44. The van der Waals surface area contributed by atoms with E-state index in [0.717, 1.165) is 42.9 Å². The topological polar surface area (TPSA) is 37.3 Å². The first-order valence-electron chi connectivity index (χ1n) is 10.4. The van der Waals surface area contributed by atoms with Gasteiger partial charge in [0.1, 0.15) is 0 Å². The molecule has 0 amide bonds. The molecule has 2 heteroatoms. The maximum Gasteiger partial charge on any atom is 0.155 e. The van der Waals surface area contributed by atoms with Crippen molar-refractivity contribution in [1.29, 1.82) is 0 Å². The second kappa shape index (κ2) is 5.19. The van der Waals surface area contributed by atoms with Gasteiger partial charge in [-0.05, 0) is 104 Å². The summed E-state index contributed by atoms with van der Waals surface area (Å²) in [7, 11) is 0. The van der Waals surface area contributed by atoms with Gasteiger partial charge in [0.25, 0.3) is 0 Å². The number of carbonyl (C=O) groups excluding carboxylic acids is 1. The fourth-order valence-corrected chi connectivity index (χ4v) is 8.33. The summed E-state index contributed by atoms with van der Waals surface area (Å²) in [4.78, 5) is 12.2. The number of hydrogen-bond donors (Lipinski definition) is 1. The highest BCUT2D eigenvalue weighted by atomic mass is 16.3. The highest BCUT2D eigenvalue weighted by Crippen LogP contribution is 2.69. The van der Waals surface area contributed by atoms with E-state index in [1.165, 1.54) is 44.9 Å². The Kier molecular flexibility index (Phi) is 3.38. The van der Waals surface area contributed by atoms with E-state index >= 15 is 0 Å². The van der Waals surface area contributed by atoms with Crippen LogP contribution < -0.4 is 0 Å². The van der Waals surface area contributed by atoms with Gasteiger partial charge in [-0.1, -0.05) is 13.0 Å². The molecule has 0 saturated heterocycles. The quantitative estimate of drug-likeness (QED) is 0.710. The summed E-state index contributed by atoms with van der Waals surface area (Å²) >= 11 is 0. The lowest BCUT2D eigenvalue weighted by Crippen LogP contribution is -2.55. The Balaban J connectivity index is 1.47. The second-order valence-corrected chi connectivity index (χ2v) is 10.0. The Morgan fingerprint density at radius 3 is 2.79 bits per heavy atom. The summed E-state index contributed by atoms with van der Waals surface area (Å²) in [5.41, 5.74) is 0.779. The highest BCUT2D eigenvalue weighted by Gasteiger charge is 2.61. The molecule has 0 aliphatic heterocycles. The van der Waals surface area contributed by atoms with E-state index < -0.39 is 0 Å². The molecule has 5 aliphatic carbocycles. The van der Waals surface area contributed by atoms with Gasteiger partial charge in [-0.25, -0.2) is 0 Å². The van der Waals surface area contributed by atoms with Crippen LogP contribution in [0, 0.1) is 40.4 Å². The molecule has 5 aliphatic rings. The van der Waals surface area contributed by atoms with Crippen molar-refractivity contribution < 1.29 is 9.90 Å². The molecule has 0 aromatic carbocycles. The van der Waals surface area contributed by atoms with Crippen molar-refractivity contribution in [3.8, 4) is 0 Å². The second-order valence-electron chi connectivity index (χ2n) is 10.0. The lowest BCUT2D eigenvalue weighted by Gasteiger charge is -2.61. The van der Waals surface area contributed by atoms with Gasteiger partial charge in [0, 0.05) is 6.42 Å². The molecule has 0 aromatic rings. The number of aliphatic hydroxyl groups is 1.